The molecular formula is C15H13N3S. The highest BCUT2D eigenvalue weighted by Gasteiger charge is 2.26. The van der Waals surface area contributed by atoms with Crippen molar-refractivity contribution >= 4 is 22.9 Å². The smallest absolute Gasteiger partial charge is 0.177 e. The Hall–Kier alpha value is -1.81. The van der Waals surface area contributed by atoms with Crippen molar-refractivity contribution in [3.63, 3.8) is 0 Å². The molecule has 0 bridgehead atoms. The van der Waals surface area contributed by atoms with Crippen molar-refractivity contribution in [1.82, 2.24) is 15.0 Å². The topological polar surface area (TPSA) is 41.6 Å². The normalized spacial score (nSPS) is 17.8. The zero-order chi connectivity index (χ0) is 12.8. The molecule has 2 aromatic heterocycles. The zero-order valence-electron chi connectivity index (χ0n) is 10.6. The van der Waals surface area contributed by atoms with E-state index < -0.39 is 0 Å². The summed E-state index contributed by atoms with van der Waals surface area (Å²) in [4.78, 5) is 13.8. The van der Waals surface area contributed by atoms with Crippen LogP contribution in [0.25, 0.3) is 11.2 Å². The molecule has 0 fully saturated rings. The minimum atomic E-state index is 0.357. The minimum Gasteiger partial charge on any atom is -0.340 e. The quantitative estimate of drug-likeness (QED) is 0.733. The number of hydrogen-bond acceptors (Lipinski definition) is 3. The number of aromatic amines is 1. The second kappa shape index (κ2) is 4.10. The standard InChI is InChI=1S/C15H13N3S/c1-9-6-12-15(16-7-9)18-14(17-12)11-8-19-13-5-3-2-4-10(11)13/h2-7,11H,8H2,1H3,(H,16,17,18). The van der Waals surface area contributed by atoms with Gasteiger partial charge in [-0.05, 0) is 30.2 Å². The molecule has 1 unspecified atom stereocenters. The first-order valence-electron chi connectivity index (χ1n) is 6.35. The molecular weight excluding hydrogens is 254 g/mol. The molecule has 0 spiro atoms. The lowest BCUT2D eigenvalue weighted by Crippen LogP contribution is -2.01. The lowest BCUT2D eigenvalue weighted by Gasteiger charge is -2.06. The number of hydrogen-bond donors (Lipinski definition) is 1. The predicted molar refractivity (Wildman–Crippen MR) is 77.6 cm³/mol. The van der Waals surface area contributed by atoms with Crippen molar-refractivity contribution in [3.05, 3.63) is 53.5 Å². The summed E-state index contributed by atoms with van der Waals surface area (Å²) in [5, 5.41) is 0. The second-order valence-electron chi connectivity index (χ2n) is 4.91. The SMILES string of the molecule is Cc1cnc2nc(C3CSc4ccccc43)[nH]c2c1. The van der Waals surface area contributed by atoms with Crippen molar-refractivity contribution in [3.8, 4) is 0 Å². The van der Waals surface area contributed by atoms with E-state index in [1.165, 1.54) is 10.5 Å². The van der Waals surface area contributed by atoms with Crippen LogP contribution in [0.2, 0.25) is 0 Å². The van der Waals surface area contributed by atoms with E-state index in [9.17, 15) is 0 Å². The third-order valence-electron chi connectivity index (χ3n) is 3.52. The molecule has 4 rings (SSSR count). The molecule has 94 valence electrons. The number of aryl methyl sites for hydroxylation is 1. The molecule has 3 nitrogen and oxygen atoms in total. The van der Waals surface area contributed by atoms with E-state index in [1.54, 1.807) is 0 Å². The summed E-state index contributed by atoms with van der Waals surface area (Å²) in [7, 11) is 0. The Morgan fingerprint density at radius 3 is 3.16 bits per heavy atom. The van der Waals surface area contributed by atoms with Crippen LogP contribution in [0.3, 0.4) is 0 Å². The largest absolute Gasteiger partial charge is 0.340 e. The van der Waals surface area contributed by atoms with E-state index in [2.05, 4.69) is 45.3 Å². The van der Waals surface area contributed by atoms with Crippen LogP contribution in [0, 0.1) is 6.92 Å². The van der Waals surface area contributed by atoms with Gasteiger partial charge in [0.1, 0.15) is 5.82 Å². The Kier molecular flexibility index (Phi) is 2.38. The minimum absolute atomic E-state index is 0.357. The van der Waals surface area contributed by atoms with E-state index in [0.29, 0.717) is 5.92 Å². The summed E-state index contributed by atoms with van der Waals surface area (Å²) in [5.74, 6) is 2.44. The van der Waals surface area contributed by atoms with Crippen LogP contribution in [-0.4, -0.2) is 20.7 Å². The molecule has 3 aromatic rings. The zero-order valence-corrected chi connectivity index (χ0v) is 11.4. The number of rotatable bonds is 1. The molecule has 4 heteroatoms. The first-order valence-corrected chi connectivity index (χ1v) is 7.34. The van der Waals surface area contributed by atoms with Gasteiger partial charge in [0.25, 0.3) is 0 Å². The third kappa shape index (κ3) is 1.75. The van der Waals surface area contributed by atoms with Gasteiger partial charge >= 0.3 is 0 Å². The molecule has 1 aliphatic rings. The van der Waals surface area contributed by atoms with Gasteiger partial charge in [-0.3, -0.25) is 0 Å². The first kappa shape index (κ1) is 11.1. The molecule has 1 N–H and O–H groups in total. The third-order valence-corrected chi connectivity index (χ3v) is 4.71. The van der Waals surface area contributed by atoms with Crippen molar-refractivity contribution in [2.75, 3.05) is 5.75 Å². The average Bonchev–Trinajstić information content (AvgIpc) is 3.00. The van der Waals surface area contributed by atoms with Crippen LogP contribution in [0.15, 0.2) is 41.4 Å². The van der Waals surface area contributed by atoms with Crippen LogP contribution < -0.4 is 0 Å². The maximum absolute atomic E-state index is 4.65. The van der Waals surface area contributed by atoms with E-state index in [-0.39, 0.29) is 0 Å². The maximum Gasteiger partial charge on any atom is 0.177 e. The number of H-pyrrole nitrogens is 1. The van der Waals surface area contributed by atoms with Gasteiger partial charge in [0.05, 0.1) is 11.4 Å². The molecule has 0 saturated heterocycles. The van der Waals surface area contributed by atoms with E-state index in [1.807, 2.05) is 24.9 Å². The molecule has 0 amide bonds. The highest BCUT2D eigenvalue weighted by atomic mass is 32.2. The van der Waals surface area contributed by atoms with Crippen LogP contribution >= 0.6 is 11.8 Å². The van der Waals surface area contributed by atoms with Gasteiger partial charge in [-0.1, -0.05) is 18.2 Å². The Balaban J connectivity index is 1.83. The van der Waals surface area contributed by atoms with Crippen LogP contribution in [-0.2, 0) is 0 Å². The molecule has 0 saturated carbocycles. The summed E-state index contributed by atoms with van der Waals surface area (Å²) in [6.07, 6.45) is 1.87. The van der Waals surface area contributed by atoms with Crippen LogP contribution in [0.1, 0.15) is 22.9 Å². The Morgan fingerprint density at radius 1 is 1.32 bits per heavy atom. The monoisotopic (exact) mass is 267 g/mol. The van der Waals surface area contributed by atoms with Gasteiger partial charge in [-0.15, -0.1) is 11.8 Å². The summed E-state index contributed by atoms with van der Waals surface area (Å²) in [5.41, 5.74) is 4.38. The predicted octanol–water partition coefficient (Wildman–Crippen LogP) is 3.50. The highest BCUT2D eigenvalue weighted by Crippen LogP contribution is 2.42. The van der Waals surface area contributed by atoms with Gasteiger partial charge in [-0.25, -0.2) is 9.97 Å². The number of pyridine rings is 1. The molecule has 0 aliphatic carbocycles. The number of fused-ring (bicyclic) bond motifs is 2. The summed E-state index contributed by atoms with van der Waals surface area (Å²) >= 11 is 1.90. The number of imidazole rings is 1. The molecule has 1 aliphatic heterocycles. The lowest BCUT2D eigenvalue weighted by atomic mass is 10.0. The molecule has 3 heterocycles. The van der Waals surface area contributed by atoms with Crippen LogP contribution in [0.4, 0.5) is 0 Å². The number of aromatic nitrogens is 3. The Bertz CT molecular complexity index is 763. The van der Waals surface area contributed by atoms with Crippen molar-refractivity contribution in [2.24, 2.45) is 0 Å². The summed E-state index contributed by atoms with van der Waals surface area (Å²) < 4.78 is 0. The summed E-state index contributed by atoms with van der Waals surface area (Å²) in [6, 6.07) is 10.7. The number of thioether (sulfide) groups is 1. The van der Waals surface area contributed by atoms with E-state index >= 15 is 0 Å². The second-order valence-corrected chi connectivity index (χ2v) is 5.97. The molecule has 19 heavy (non-hydrogen) atoms. The number of nitrogens with one attached hydrogen (secondary N) is 1. The fourth-order valence-corrected chi connectivity index (χ4v) is 3.81. The van der Waals surface area contributed by atoms with Gasteiger partial charge in [0, 0.05) is 16.8 Å². The van der Waals surface area contributed by atoms with Crippen LogP contribution in [0.5, 0.6) is 0 Å². The fourth-order valence-electron chi connectivity index (χ4n) is 2.58. The molecule has 0 radical (unpaired) electrons. The van der Waals surface area contributed by atoms with E-state index in [0.717, 1.165) is 28.3 Å². The fraction of sp³-hybridized carbons (Fsp3) is 0.200. The number of benzene rings is 1. The maximum atomic E-state index is 4.65. The first-order chi connectivity index (χ1) is 9.31. The Morgan fingerprint density at radius 2 is 2.21 bits per heavy atom. The highest BCUT2D eigenvalue weighted by molar-refractivity contribution is 7.99. The van der Waals surface area contributed by atoms with Gasteiger partial charge in [-0.2, -0.15) is 0 Å². The summed E-state index contributed by atoms with van der Waals surface area (Å²) in [6.45, 7) is 2.05. The Labute approximate surface area is 115 Å². The van der Waals surface area contributed by atoms with Crippen molar-refractivity contribution in [2.45, 2.75) is 17.7 Å². The number of nitrogens with zero attached hydrogens (tertiary/aromatic N) is 2. The van der Waals surface area contributed by atoms with Gasteiger partial charge < -0.3 is 4.98 Å². The van der Waals surface area contributed by atoms with Crippen molar-refractivity contribution < 1.29 is 0 Å². The molecule has 1 atom stereocenters. The molecule has 1 aromatic carbocycles. The lowest BCUT2D eigenvalue weighted by molar-refractivity contribution is 0.857. The van der Waals surface area contributed by atoms with Gasteiger partial charge in [0.15, 0.2) is 5.65 Å². The average molecular weight is 267 g/mol. The van der Waals surface area contributed by atoms with E-state index in [4.69, 9.17) is 0 Å². The van der Waals surface area contributed by atoms with Crippen molar-refractivity contribution in [1.29, 1.82) is 0 Å². The van der Waals surface area contributed by atoms with Gasteiger partial charge in [0.2, 0.25) is 0 Å².